The van der Waals surface area contributed by atoms with E-state index in [4.69, 9.17) is 0 Å². The molecular weight excluding hydrogens is 873 g/mol. The van der Waals surface area contributed by atoms with Gasteiger partial charge >= 0.3 is 21.7 Å². The molecule has 2 spiro atoms. The van der Waals surface area contributed by atoms with Gasteiger partial charge in [-0.15, -0.1) is 0 Å². The predicted octanol–water partition coefficient (Wildman–Crippen LogP) is 12.2. The zero-order chi connectivity index (χ0) is 44.6. The number of anilines is 10. The highest BCUT2D eigenvalue weighted by Gasteiger charge is 2.78. The molecule has 0 saturated heterocycles. The zero-order valence-corrected chi connectivity index (χ0v) is 38.8. The van der Waals surface area contributed by atoms with Gasteiger partial charge in [-0.3, -0.25) is 0 Å². The van der Waals surface area contributed by atoms with Crippen molar-refractivity contribution in [3.05, 3.63) is 230 Å². The molecule has 7 aliphatic heterocycles. The molecule has 7 heterocycles. The summed E-state index contributed by atoms with van der Waals surface area (Å²) in [6.07, 6.45) is -0.445. The Labute approximate surface area is 404 Å². The molecule has 4 atom stereocenters. The number of nitrogens with zero attached hydrogens (tertiary/aromatic N) is 8. The van der Waals surface area contributed by atoms with E-state index in [-0.39, 0.29) is 12.3 Å². The quantitative estimate of drug-likeness (QED) is 0.161. The molecule has 68 heavy (non-hydrogen) atoms. The average molecular weight is 919 g/mol. The minimum absolute atomic E-state index is 0.222. The molecule has 7 aliphatic rings. The fourth-order valence-corrected chi connectivity index (χ4v) is 15.3. The Kier molecular flexibility index (Phi) is 8.28. The van der Waals surface area contributed by atoms with Crippen LogP contribution in [0.4, 0.5) is 56.9 Å². The summed E-state index contributed by atoms with van der Waals surface area (Å²) in [5, 5.41) is 2.49. The Morgan fingerprint density at radius 3 is 0.985 bits per heavy atom. The summed E-state index contributed by atoms with van der Waals surface area (Å²) < 4.78 is 5.71. The van der Waals surface area contributed by atoms with Crippen LogP contribution in [0, 0.1) is 0 Å². The first kappa shape index (κ1) is 38.7. The Morgan fingerprint density at radius 2 is 0.618 bits per heavy atom. The van der Waals surface area contributed by atoms with Crippen molar-refractivity contribution in [3.8, 4) is 0 Å². The van der Waals surface area contributed by atoms with Crippen LogP contribution in [0.1, 0.15) is 11.1 Å². The van der Waals surface area contributed by atoms with Gasteiger partial charge in [0.25, 0.3) is 0 Å². The van der Waals surface area contributed by atoms with Crippen LogP contribution in [0.15, 0.2) is 218 Å². The van der Waals surface area contributed by atoms with Gasteiger partial charge < -0.3 is 19.6 Å². The molecule has 0 bridgehead atoms. The second-order valence-corrected chi connectivity index (χ2v) is 20.4. The second-order valence-electron chi connectivity index (χ2n) is 18.3. The lowest BCUT2D eigenvalue weighted by molar-refractivity contribution is -0.635. The molecule has 328 valence electrons. The second kappa shape index (κ2) is 14.6. The maximum absolute atomic E-state index is 2.86. The molecule has 0 saturated carbocycles. The largest absolute Gasteiger partial charge is 0.321 e. The highest BCUT2D eigenvalue weighted by Crippen LogP contribution is 2.66. The van der Waals surface area contributed by atoms with Crippen LogP contribution < -0.4 is 29.4 Å². The van der Waals surface area contributed by atoms with Crippen molar-refractivity contribution in [2.45, 2.75) is 23.7 Å². The minimum atomic E-state index is -0.805. The fourth-order valence-electron chi connectivity index (χ4n) is 12.9. The smallest absolute Gasteiger partial charge is 0.310 e. The summed E-state index contributed by atoms with van der Waals surface area (Å²) >= 11 is 4.02. The van der Waals surface area contributed by atoms with Crippen molar-refractivity contribution in [3.63, 3.8) is 0 Å². The van der Waals surface area contributed by atoms with Crippen LogP contribution in [0.5, 0.6) is 0 Å². The lowest BCUT2D eigenvalue weighted by Gasteiger charge is -2.48. The normalized spacial score (nSPS) is 23.6. The third-order valence-electron chi connectivity index (χ3n) is 15.2. The van der Waals surface area contributed by atoms with Crippen molar-refractivity contribution in [1.82, 2.24) is 0 Å². The average Bonchev–Trinajstić information content (AvgIpc) is 4.27. The maximum Gasteiger partial charge on any atom is 0.321 e. The van der Waals surface area contributed by atoms with Gasteiger partial charge in [0.15, 0.2) is 0 Å². The molecule has 0 fully saturated rings. The van der Waals surface area contributed by atoms with E-state index in [1.807, 2.05) is 23.5 Å². The Bertz CT molecular complexity index is 3130. The van der Waals surface area contributed by atoms with Crippen molar-refractivity contribution in [1.29, 1.82) is 0 Å². The lowest BCUT2D eigenvalue weighted by atomic mass is 9.91. The van der Waals surface area contributed by atoms with Crippen LogP contribution in [-0.2, 0) is 11.3 Å². The van der Waals surface area contributed by atoms with Gasteiger partial charge in [-0.25, -0.2) is 9.15 Å². The Hall–Kier alpha value is -7.40. The van der Waals surface area contributed by atoms with E-state index >= 15 is 0 Å². The molecule has 0 aliphatic carbocycles. The fraction of sp³-hybridized carbons (Fsp3) is 0.138. The van der Waals surface area contributed by atoms with Crippen molar-refractivity contribution in [2.24, 2.45) is 0 Å². The summed E-state index contributed by atoms with van der Waals surface area (Å²) in [6, 6.07) is 81.7. The number of fused-ring (bicyclic) bond motifs is 16. The zero-order valence-electron chi connectivity index (χ0n) is 37.2. The monoisotopic (exact) mass is 918 g/mol. The standard InChI is InChI=1S/C58H46N8S2/c1-5-21-41(22-6-1)61-49-33-17-19-35-51(49)63-47-31-15-13-29-45(47)57(53(61)63)59-37-39-67-55(59)66(44-27-11-4-12-28-44)58(60-38-40-68-56(60)65(57)43-25-9-3-10-26-43)46-30-14-16-32-48(46)64-52-36-20-18-34-50(52)62(54(58)64)42-23-7-2-8-24-42/h1-36,53-54H,37-40H2/q+2. The summed E-state index contributed by atoms with van der Waals surface area (Å²) in [7, 11) is 0. The molecule has 0 aromatic heterocycles. The van der Waals surface area contributed by atoms with E-state index in [0.29, 0.717) is 0 Å². The van der Waals surface area contributed by atoms with E-state index in [0.717, 1.165) is 24.6 Å². The first-order chi connectivity index (χ1) is 33.8. The van der Waals surface area contributed by atoms with Crippen LogP contribution in [0.3, 0.4) is 0 Å². The van der Waals surface area contributed by atoms with Gasteiger partial charge in [-0.2, -0.15) is 9.80 Å². The van der Waals surface area contributed by atoms with Crippen molar-refractivity contribution in [2.75, 3.05) is 54.0 Å². The van der Waals surface area contributed by atoms with E-state index in [9.17, 15) is 0 Å². The summed E-state index contributed by atoms with van der Waals surface area (Å²) in [6.45, 7) is 1.66. The minimum Gasteiger partial charge on any atom is -0.310 e. The van der Waals surface area contributed by atoms with Crippen LogP contribution in [0.2, 0.25) is 0 Å². The van der Waals surface area contributed by atoms with Gasteiger partial charge in [-0.1, -0.05) is 121 Å². The molecule has 10 heteroatoms. The number of rotatable bonds is 4. The third kappa shape index (κ3) is 4.83. The highest BCUT2D eigenvalue weighted by molar-refractivity contribution is 8.14. The van der Waals surface area contributed by atoms with Crippen LogP contribution in [0.25, 0.3) is 0 Å². The lowest BCUT2D eigenvalue weighted by Crippen LogP contribution is -2.74. The molecule has 0 radical (unpaired) electrons. The van der Waals surface area contributed by atoms with Gasteiger partial charge in [0.2, 0.25) is 12.3 Å². The van der Waals surface area contributed by atoms with Crippen molar-refractivity contribution < 1.29 is 9.15 Å². The van der Waals surface area contributed by atoms with Crippen LogP contribution >= 0.6 is 23.5 Å². The van der Waals surface area contributed by atoms with Crippen molar-refractivity contribution >= 4 is 90.7 Å². The highest BCUT2D eigenvalue weighted by atomic mass is 32.2. The molecule has 15 rings (SSSR count). The topological polar surface area (TPSA) is 25.5 Å². The number of thioether (sulfide) groups is 2. The van der Waals surface area contributed by atoms with E-state index in [1.165, 1.54) is 78.3 Å². The molecule has 4 unspecified atom stereocenters. The van der Waals surface area contributed by atoms with Gasteiger partial charge in [0.1, 0.15) is 24.5 Å². The van der Waals surface area contributed by atoms with E-state index in [2.05, 4.69) is 257 Å². The molecular formula is C58H46N8S2+2. The number of para-hydroxylation sites is 10. The summed E-state index contributed by atoms with van der Waals surface area (Å²) in [4.78, 5) is 16.3. The number of benzene rings is 8. The molecule has 8 aromatic carbocycles. The number of amidine groups is 2. The number of hydrogen-bond acceptors (Lipinski definition) is 8. The summed E-state index contributed by atoms with van der Waals surface area (Å²) in [5.74, 6) is 1.85. The third-order valence-corrected chi connectivity index (χ3v) is 17.3. The van der Waals surface area contributed by atoms with E-state index in [1.54, 1.807) is 0 Å². The molecule has 8 aromatic rings. The van der Waals surface area contributed by atoms with Gasteiger partial charge in [-0.05, 0) is 121 Å². The molecule has 8 nitrogen and oxygen atoms in total. The number of hydrogen-bond donors (Lipinski definition) is 0. The van der Waals surface area contributed by atoms with Gasteiger partial charge in [0.05, 0.1) is 45.3 Å². The molecule has 0 N–H and O–H groups in total. The van der Waals surface area contributed by atoms with Crippen LogP contribution in [-0.4, -0.2) is 56.4 Å². The van der Waals surface area contributed by atoms with E-state index < -0.39 is 11.3 Å². The SMILES string of the molecule is c1ccc(N2c3ccccc3N3c4ccccc4C4(C23)N(c2ccccc2)C2=[N+](CCS2)C2(c3ccccc3N3c5ccccc5N(c5ccccc5)C32)N(c2ccccc2)C2=[N+]4CCS2)cc1. The molecule has 0 amide bonds. The first-order valence-electron chi connectivity index (χ1n) is 23.7. The summed E-state index contributed by atoms with van der Waals surface area (Å²) in [5.41, 5.74) is 13.0. The maximum atomic E-state index is 2.86. The first-order valence-corrected chi connectivity index (χ1v) is 25.7. The Balaban J connectivity index is 1.13. The Morgan fingerprint density at radius 1 is 0.324 bits per heavy atom. The van der Waals surface area contributed by atoms with Gasteiger partial charge in [0, 0.05) is 22.9 Å². The predicted molar refractivity (Wildman–Crippen MR) is 281 cm³/mol.